The van der Waals surface area contributed by atoms with E-state index in [0.717, 1.165) is 12.8 Å². The van der Waals surface area contributed by atoms with Gasteiger partial charge >= 0.3 is 0 Å². The van der Waals surface area contributed by atoms with E-state index in [0.29, 0.717) is 6.04 Å². The molecule has 2 rings (SSSR count). The Morgan fingerprint density at radius 3 is 2.37 bits per heavy atom. The van der Waals surface area contributed by atoms with Gasteiger partial charge in [0.05, 0.1) is 0 Å². The summed E-state index contributed by atoms with van der Waals surface area (Å²) in [6.45, 7) is 0. The summed E-state index contributed by atoms with van der Waals surface area (Å²) in [6, 6.07) is 11.1. The van der Waals surface area contributed by atoms with E-state index in [2.05, 4.69) is 49.3 Å². The van der Waals surface area contributed by atoms with E-state index in [1.807, 2.05) is 0 Å². The van der Waals surface area contributed by atoms with Crippen LogP contribution in [0.15, 0.2) is 30.3 Å². The van der Waals surface area contributed by atoms with Crippen LogP contribution in [0.1, 0.15) is 44.1 Å². The number of rotatable bonds is 6. The van der Waals surface area contributed by atoms with Crippen LogP contribution in [0.5, 0.6) is 0 Å². The first-order valence-electron chi connectivity index (χ1n) is 7.62. The normalized spacial score (nSPS) is 19.8. The molecule has 1 aromatic carbocycles. The van der Waals surface area contributed by atoms with Gasteiger partial charge in [-0.05, 0) is 51.8 Å². The standard InChI is InChI=1S/C17H28N2/c1-19(2)17(13-6-7-14-17)16(18)12-8-11-15-9-4-3-5-10-15/h3-5,9-10,16H,6-8,11-14,18H2,1-2H3. The number of hydrogen-bond donors (Lipinski definition) is 1. The Balaban J connectivity index is 1.85. The van der Waals surface area contributed by atoms with E-state index in [1.54, 1.807) is 0 Å². The van der Waals surface area contributed by atoms with Crippen molar-refractivity contribution in [2.75, 3.05) is 14.1 Å². The predicted molar refractivity (Wildman–Crippen MR) is 82.2 cm³/mol. The molecular weight excluding hydrogens is 232 g/mol. The maximum atomic E-state index is 6.54. The Morgan fingerprint density at radius 1 is 1.16 bits per heavy atom. The van der Waals surface area contributed by atoms with Gasteiger partial charge in [0.1, 0.15) is 0 Å². The molecule has 1 unspecified atom stereocenters. The summed E-state index contributed by atoms with van der Waals surface area (Å²) in [7, 11) is 4.39. The maximum absolute atomic E-state index is 6.54. The second-order valence-electron chi connectivity index (χ2n) is 6.19. The lowest BCUT2D eigenvalue weighted by molar-refractivity contribution is 0.118. The minimum atomic E-state index is 0.261. The van der Waals surface area contributed by atoms with E-state index < -0.39 is 0 Å². The zero-order valence-corrected chi connectivity index (χ0v) is 12.4. The van der Waals surface area contributed by atoms with Crippen LogP contribution in [0.25, 0.3) is 0 Å². The molecule has 2 heteroatoms. The molecule has 1 aliphatic rings. The van der Waals surface area contributed by atoms with Gasteiger partial charge in [0.25, 0.3) is 0 Å². The number of hydrogen-bond acceptors (Lipinski definition) is 2. The first-order valence-corrected chi connectivity index (χ1v) is 7.62. The van der Waals surface area contributed by atoms with Crippen molar-refractivity contribution in [1.29, 1.82) is 0 Å². The molecular formula is C17H28N2. The fraction of sp³-hybridized carbons (Fsp3) is 0.647. The third-order valence-electron chi connectivity index (χ3n) is 4.87. The van der Waals surface area contributed by atoms with Crippen LogP contribution >= 0.6 is 0 Å². The van der Waals surface area contributed by atoms with Crippen LogP contribution in [0.3, 0.4) is 0 Å². The van der Waals surface area contributed by atoms with Crippen molar-refractivity contribution in [2.24, 2.45) is 5.73 Å². The van der Waals surface area contributed by atoms with Crippen molar-refractivity contribution < 1.29 is 0 Å². The minimum Gasteiger partial charge on any atom is -0.326 e. The van der Waals surface area contributed by atoms with Crippen LogP contribution in [-0.2, 0) is 6.42 Å². The molecule has 1 aliphatic carbocycles. The minimum absolute atomic E-state index is 0.261. The van der Waals surface area contributed by atoms with Crippen molar-refractivity contribution in [2.45, 2.75) is 56.5 Å². The Labute approximate surface area is 118 Å². The van der Waals surface area contributed by atoms with Gasteiger partial charge in [-0.3, -0.25) is 0 Å². The molecule has 0 radical (unpaired) electrons. The van der Waals surface area contributed by atoms with Gasteiger partial charge in [-0.15, -0.1) is 0 Å². The highest BCUT2D eigenvalue weighted by molar-refractivity contribution is 5.14. The molecule has 1 fully saturated rings. The molecule has 106 valence electrons. The molecule has 0 saturated heterocycles. The quantitative estimate of drug-likeness (QED) is 0.851. The van der Waals surface area contributed by atoms with E-state index >= 15 is 0 Å². The third-order valence-corrected chi connectivity index (χ3v) is 4.87. The Hall–Kier alpha value is -0.860. The van der Waals surface area contributed by atoms with E-state index in [-0.39, 0.29) is 5.54 Å². The summed E-state index contributed by atoms with van der Waals surface area (Å²) in [6.07, 6.45) is 8.69. The van der Waals surface area contributed by atoms with Gasteiger partial charge in [-0.2, -0.15) is 0 Å². The van der Waals surface area contributed by atoms with E-state index in [4.69, 9.17) is 5.73 Å². The fourth-order valence-electron chi connectivity index (χ4n) is 3.58. The van der Waals surface area contributed by atoms with E-state index in [1.165, 1.54) is 37.7 Å². The van der Waals surface area contributed by atoms with Crippen LogP contribution in [-0.4, -0.2) is 30.6 Å². The van der Waals surface area contributed by atoms with Crippen molar-refractivity contribution in [3.8, 4) is 0 Å². The maximum Gasteiger partial charge on any atom is 0.0354 e. The first-order chi connectivity index (χ1) is 9.15. The molecule has 19 heavy (non-hydrogen) atoms. The molecule has 1 saturated carbocycles. The summed E-state index contributed by atoms with van der Waals surface area (Å²) in [5, 5.41) is 0. The Morgan fingerprint density at radius 2 is 1.79 bits per heavy atom. The monoisotopic (exact) mass is 260 g/mol. The number of nitrogens with two attached hydrogens (primary N) is 1. The molecule has 0 heterocycles. The second-order valence-corrected chi connectivity index (χ2v) is 6.19. The largest absolute Gasteiger partial charge is 0.326 e. The second kappa shape index (κ2) is 6.53. The SMILES string of the molecule is CN(C)C1(C(N)CCCc2ccccc2)CCCC1. The summed E-state index contributed by atoms with van der Waals surface area (Å²) in [5.41, 5.74) is 8.23. The van der Waals surface area contributed by atoms with Crippen LogP contribution in [0.2, 0.25) is 0 Å². The highest BCUT2D eigenvalue weighted by Gasteiger charge is 2.40. The molecule has 0 amide bonds. The lowest BCUT2D eigenvalue weighted by atomic mass is 9.84. The van der Waals surface area contributed by atoms with Gasteiger partial charge in [-0.1, -0.05) is 43.2 Å². The topological polar surface area (TPSA) is 29.3 Å². The fourth-order valence-corrected chi connectivity index (χ4v) is 3.58. The Kier molecular flexibility index (Phi) is 5.00. The highest BCUT2D eigenvalue weighted by atomic mass is 15.2. The van der Waals surface area contributed by atoms with Crippen LogP contribution in [0.4, 0.5) is 0 Å². The average Bonchev–Trinajstić information content (AvgIpc) is 2.90. The molecule has 0 bridgehead atoms. The average molecular weight is 260 g/mol. The lowest BCUT2D eigenvalue weighted by Gasteiger charge is -2.41. The van der Waals surface area contributed by atoms with Gasteiger partial charge < -0.3 is 10.6 Å². The molecule has 2 nitrogen and oxygen atoms in total. The molecule has 2 N–H and O–H groups in total. The number of nitrogens with zero attached hydrogens (tertiary/aromatic N) is 1. The molecule has 0 aromatic heterocycles. The van der Waals surface area contributed by atoms with E-state index in [9.17, 15) is 0 Å². The molecule has 1 aromatic rings. The first kappa shape index (κ1) is 14.5. The van der Waals surface area contributed by atoms with Gasteiger partial charge in [0.15, 0.2) is 0 Å². The summed E-state index contributed by atoms with van der Waals surface area (Å²) in [5.74, 6) is 0. The predicted octanol–water partition coefficient (Wildman–Crippen LogP) is 3.21. The zero-order valence-electron chi connectivity index (χ0n) is 12.4. The summed E-state index contributed by atoms with van der Waals surface area (Å²) >= 11 is 0. The highest BCUT2D eigenvalue weighted by Crippen LogP contribution is 2.37. The van der Waals surface area contributed by atoms with Gasteiger partial charge in [0.2, 0.25) is 0 Å². The third kappa shape index (κ3) is 3.37. The molecule has 0 spiro atoms. The van der Waals surface area contributed by atoms with Gasteiger partial charge in [0, 0.05) is 11.6 Å². The zero-order chi connectivity index (χ0) is 13.7. The number of benzene rings is 1. The van der Waals surface area contributed by atoms with Crippen molar-refractivity contribution in [3.05, 3.63) is 35.9 Å². The molecule has 0 aliphatic heterocycles. The van der Waals surface area contributed by atoms with Crippen molar-refractivity contribution in [3.63, 3.8) is 0 Å². The number of aryl methyl sites for hydroxylation is 1. The Bertz CT molecular complexity index is 366. The van der Waals surface area contributed by atoms with Crippen molar-refractivity contribution in [1.82, 2.24) is 4.90 Å². The van der Waals surface area contributed by atoms with Crippen molar-refractivity contribution >= 4 is 0 Å². The summed E-state index contributed by atoms with van der Waals surface area (Å²) in [4.78, 5) is 2.38. The van der Waals surface area contributed by atoms with Crippen LogP contribution in [0, 0.1) is 0 Å². The number of likely N-dealkylation sites (N-methyl/N-ethyl adjacent to an activating group) is 1. The molecule has 1 atom stereocenters. The summed E-state index contributed by atoms with van der Waals surface area (Å²) < 4.78 is 0. The smallest absolute Gasteiger partial charge is 0.0354 e. The van der Waals surface area contributed by atoms with Crippen LogP contribution < -0.4 is 5.73 Å². The lowest BCUT2D eigenvalue weighted by Crippen LogP contribution is -2.55. The van der Waals surface area contributed by atoms with Gasteiger partial charge in [-0.25, -0.2) is 0 Å².